The van der Waals surface area contributed by atoms with Crippen LogP contribution < -0.4 is 0 Å². The summed E-state index contributed by atoms with van der Waals surface area (Å²) in [6.07, 6.45) is 0. The van der Waals surface area contributed by atoms with Gasteiger partial charge >= 0.3 is 5.97 Å². The first kappa shape index (κ1) is 23.8. The minimum atomic E-state index is -0.928. The van der Waals surface area contributed by atoms with E-state index in [2.05, 4.69) is 29.3 Å². The van der Waals surface area contributed by atoms with Crippen molar-refractivity contribution in [1.29, 1.82) is 0 Å². The van der Waals surface area contributed by atoms with Gasteiger partial charge in [-0.15, -0.1) is 0 Å². The number of ketones is 1. The Morgan fingerprint density at radius 3 is 2.15 bits per heavy atom. The van der Waals surface area contributed by atoms with E-state index >= 15 is 0 Å². The third kappa shape index (κ3) is 4.38. The quantitative estimate of drug-likeness (QED) is 0.117. The van der Waals surface area contributed by atoms with Gasteiger partial charge in [-0.05, 0) is 76.1 Å². The van der Waals surface area contributed by atoms with Crippen molar-refractivity contribution in [3.63, 3.8) is 0 Å². The minimum Gasteiger partial charge on any atom is -0.341 e. The summed E-state index contributed by atoms with van der Waals surface area (Å²) < 4.78 is 1.30. The first-order valence-corrected chi connectivity index (χ1v) is 11.7. The molecule has 0 fully saturated rings. The minimum absolute atomic E-state index is 0.00702. The smallest absolute Gasteiger partial charge is 0.341 e. The second-order valence-electron chi connectivity index (χ2n) is 8.97. The van der Waals surface area contributed by atoms with Crippen LogP contribution in [-0.4, -0.2) is 26.8 Å². The Morgan fingerprint density at radius 2 is 1.56 bits per heavy atom. The highest BCUT2D eigenvalue weighted by Crippen LogP contribution is 2.31. The van der Waals surface area contributed by atoms with Crippen molar-refractivity contribution in [2.45, 2.75) is 45.9 Å². The average Bonchev–Trinajstić information content (AvgIpc) is 3.13. The molecular weight excluding hydrogens is 444 g/mol. The molecule has 5 nitrogen and oxygen atoms in total. The second kappa shape index (κ2) is 9.11. The SMILES string of the molecule is CCn1c2ccc(C(=O)c3ccccc3C)cc2c2cc(/C(C)=N/OC(=O)C(C)(C)S)ccc21. The van der Waals surface area contributed by atoms with E-state index < -0.39 is 10.7 Å². The van der Waals surface area contributed by atoms with Crippen molar-refractivity contribution in [1.82, 2.24) is 4.57 Å². The lowest BCUT2D eigenvalue weighted by molar-refractivity contribution is -0.145. The molecule has 4 rings (SSSR count). The summed E-state index contributed by atoms with van der Waals surface area (Å²) in [6, 6.07) is 19.6. The number of carbonyl (C=O) groups is 2. The topological polar surface area (TPSA) is 60.7 Å². The number of benzene rings is 3. The van der Waals surface area contributed by atoms with E-state index in [1.807, 2.05) is 67.6 Å². The number of carbonyl (C=O) groups excluding carboxylic acids is 2. The van der Waals surface area contributed by atoms with E-state index in [1.165, 1.54) is 0 Å². The van der Waals surface area contributed by atoms with Crippen LogP contribution in [-0.2, 0) is 16.2 Å². The molecule has 4 aromatic rings. The first-order chi connectivity index (χ1) is 16.1. The molecule has 1 aromatic heterocycles. The molecule has 3 aromatic carbocycles. The molecule has 34 heavy (non-hydrogen) atoms. The van der Waals surface area contributed by atoms with Crippen molar-refractivity contribution in [2.75, 3.05) is 0 Å². The molecule has 0 spiro atoms. The van der Waals surface area contributed by atoms with Gasteiger partial charge in [0.1, 0.15) is 4.75 Å². The summed E-state index contributed by atoms with van der Waals surface area (Å²) in [5.74, 6) is -0.509. The zero-order valence-electron chi connectivity index (χ0n) is 20.0. The van der Waals surface area contributed by atoms with E-state index in [9.17, 15) is 9.59 Å². The molecule has 0 N–H and O–H groups in total. The number of hydrogen-bond donors (Lipinski definition) is 1. The number of nitrogens with zero attached hydrogens (tertiary/aromatic N) is 2. The molecule has 0 saturated carbocycles. The average molecular weight is 473 g/mol. The fourth-order valence-corrected chi connectivity index (χ4v) is 4.11. The maximum atomic E-state index is 13.2. The van der Waals surface area contributed by atoms with Gasteiger partial charge in [0.2, 0.25) is 0 Å². The molecule has 0 atom stereocenters. The molecule has 0 bridgehead atoms. The van der Waals surface area contributed by atoms with Crippen LogP contribution in [0.4, 0.5) is 0 Å². The molecule has 0 amide bonds. The highest BCUT2D eigenvalue weighted by atomic mass is 32.1. The molecule has 0 unspecified atom stereocenters. The Kier molecular flexibility index (Phi) is 6.36. The predicted molar refractivity (Wildman–Crippen MR) is 141 cm³/mol. The van der Waals surface area contributed by atoms with Crippen LogP contribution in [0.3, 0.4) is 0 Å². The Morgan fingerprint density at radius 1 is 0.971 bits per heavy atom. The van der Waals surface area contributed by atoms with Gasteiger partial charge in [-0.25, -0.2) is 4.79 Å². The number of oxime groups is 1. The Bertz CT molecular complexity index is 1460. The second-order valence-corrected chi connectivity index (χ2v) is 10.1. The molecule has 174 valence electrons. The van der Waals surface area contributed by atoms with Gasteiger partial charge in [-0.1, -0.05) is 35.5 Å². The molecule has 0 radical (unpaired) electrons. The van der Waals surface area contributed by atoms with Gasteiger partial charge in [-0.3, -0.25) is 4.79 Å². The van der Waals surface area contributed by atoms with Gasteiger partial charge in [0.15, 0.2) is 5.78 Å². The van der Waals surface area contributed by atoms with Crippen LogP contribution in [0.1, 0.15) is 54.7 Å². The summed E-state index contributed by atoms with van der Waals surface area (Å²) >= 11 is 4.23. The Hall–Kier alpha value is -3.38. The number of hydrogen-bond acceptors (Lipinski definition) is 5. The Balaban J connectivity index is 1.81. The lowest BCUT2D eigenvalue weighted by Crippen LogP contribution is -2.26. The van der Waals surface area contributed by atoms with Gasteiger partial charge in [0.25, 0.3) is 0 Å². The lowest BCUT2D eigenvalue weighted by atomic mass is 9.97. The predicted octanol–water partition coefficient (Wildman–Crippen LogP) is 6.33. The van der Waals surface area contributed by atoms with E-state index in [0.29, 0.717) is 16.8 Å². The molecule has 0 aliphatic rings. The third-order valence-corrected chi connectivity index (χ3v) is 6.20. The standard InChI is InChI=1S/C28H28N2O3S/c1-6-30-24-13-11-19(18(3)29-33-27(32)28(4,5)34)15-22(24)23-16-20(12-14-25(23)30)26(31)21-10-8-7-9-17(21)2/h7-16,34H,6H2,1-5H3/b29-18+. The van der Waals surface area contributed by atoms with Crippen LogP contribution in [0.2, 0.25) is 0 Å². The normalized spacial score (nSPS) is 12.4. The number of rotatable bonds is 6. The lowest BCUT2D eigenvalue weighted by Gasteiger charge is -2.12. The van der Waals surface area contributed by atoms with Gasteiger partial charge in [0, 0.05) is 39.5 Å². The van der Waals surface area contributed by atoms with Crippen LogP contribution in [0, 0.1) is 6.92 Å². The summed E-state index contributed by atoms with van der Waals surface area (Å²) in [4.78, 5) is 30.4. The molecule has 0 saturated heterocycles. The molecule has 6 heteroatoms. The monoisotopic (exact) mass is 472 g/mol. The van der Waals surface area contributed by atoms with Gasteiger partial charge in [-0.2, -0.15) is 12.6 Å². The highest BCUT2D eigenvalue weighted by Gasteiger charge is 2.25. The highest BCUT2D eigenvalue weighted by molar-refractivity contribution is 7.82. The van der Waals surface area contributed by atoms with Crippen molar-refractivity contribution in [3.05, 3.63) is 82.9 Å². The zero-order valence-corrected chi connectivity index (χ0v) is 20.9. The van der Waals surface area contributed by atoms with Crippen molar-refractivity contribution in [3.8, 4) is 0 Å². The van der Waals surface area contributed by atoms with Crippen molar-refractivity contribution < 1.29 is 14.4 Å². The largest absolute Gasteiger partial charge is 0.350 e. The molecule has 0 aliphatic heterocycles. The summed E-state index contributed by atoms with van der Waals surface area (Å²) in [7, 11) is 0. The third-order valence-electron chi connectivity index (χ3n) is 6.02. The van der Waals surface area contributed by atoms with Crippen LogP contribution >= 0.6 is 12.6 Å². The number of thiol groups is 1. The van der Waals surface area contributed by atoms with Crippen LogP contribution in [0.25, 0.3) is 21.8 Å². The molecular formula is C28H28N2O3S. The van der Waals surface area contributed by atoms with Crippen molar-refractivity contribution >= 4 is 51.9 Å². The summed E-state index contributed by atoms with van der Waals surface area (Å²) in [5, 5.41) is 6.04. The maximum absolute atomic E-state index is 13.2. The zero-order chi connectivity index (χ0) is 24.6. The first-order valence-electron chi connectivity index (χ1n) is 11.3. The van der Waals surface area contributed by atoms with Gasteiger partial charge in [0.05, 0.1) is 5.71 Å². The van der Waals surface area contributed by atoms with E-state index in [-0.39, 0.29) is 5.78 Å². The van der Waals surface area contributed by atoms with E-state index in [4.69, 9.17) is 4.84 Å². The number of fused-ring (bicyclic) bond motifs is 3. The fourth-order valence-electron chi connectivity index (χ4n) is 4.07. The molecule has 1 heterocycles. The fraction of sp³-hybridized carbons (Fsp3) is 0.250. The van der Waals surface area contributed by atoms with Gasteiger partial charge < -0.3 is 9.40 Å². The van der Waals surface area contributed by atoms with E-state index in [1.54, 1.807) is 20.8 Å². The Labute approximate surface area is 204 Å². The van der Waals surface area contributed by atoms with E-state index in [0.717, 1.165) is 39.5 Å². The van der Waals surface area contributed by atoms with Crippen LogP contribution in [0.15, 0.2) is 65.8 Å². The number of aromatic nitrogens is 1. The summed E-state index contributed by atoms with van der Waals surface area (Å²) in [6.45, 7) is 9.96. The van der Waals surface area contributed by atoms with Crippen LogP contribution in [0.5, 0.6) is 0 Å². The number of aryl methyl sites for hydroxylation is 2. The molecule has 0 aliphatic carbocycles. The summed E-state index contributed by atoms with van der Waals surface area (Å²) in [5.41, 5.74) is 5.87. The van der Waals surface area contributed by atoms with Crippen molar-refractivity contribution in [2.24, 2.45) is 5.16 Å². The maximum Gasteiger partial charge on any atom is 0.350 e.